The first-order valence-electron chi connectivity index (χ1n) is 7.73. The molecule has 2 fully saturated rings. The van der Waals surface area contributed by atoms with E-state index in [4.69, 9.17) is 4.98 Å². The molecule has 0 N–H and O–H groups in total. The van der Waals surface area contributed by atoms with E-state index in [1.54, 1.807) is 0 Å². The van der Waals surface area contributed by atoms with E-state index in [-0.39, 0.29) is 5.91 Å². The number of carbonyl (C=O) groups excluding carboxylic acids is 1. The van der Waals surface area contributed by atoms with E-state index in [9.17, 15) is 4.79 Å². The summed E-state index contributed by atoms with van der Waals surface area (Å²) in [5.41, 5.74) is 4.43. The Morgan fingerprint density at radius 1 is 1.30 bits per heavy atom. The molecule has 0 spiro atoms. The highest BCUT2D eigenvalue weighted by Crippen LogP contribution is 2.43. The van der Waals surface area contributed by atoms with Crippen LogP contribution in [0.1, 0.15) is 58.9 Å². The van der Waals surface area contributed by atoms with Crippen LogP contribution in [-0.4, -0.2) is 40.8 Å². The van der Waals surface area contributed by atoms with Crippen molar-refractivity contribution in [2.45, 2.75) is 44.7 Å². The molecule has 4 heteroatoms. The van der Waals surface area contributed by atoms with Crippen LogP contribution in [0.4, 0.5) is 0 Å². The summed E-state index contributed by atoms with van der Waals surface area (Å²) in [5.74, 6) is 0.786. The molecule has 2 aliphatic heterocycles. The van der Waals surface area contributed by atoms with Crippen LogP contribution >= 0.6 is 0 Å². The van der Waals surface area contributed by atoms with E-state index in [0.29, 0.717) is 5.92 Å². The highest BCUT2D eigenvalue weighted by Gasteiger charge is 2.35. The van der Waals surface area contributed by atoms with Crippen molar-refractivity contribution in [1.29, 1.82) is 0 Å². The number of pyridine rings is 1. The minimum Gasteiger partial charge on any atom is -0.337 e. The molecular weight excluding hydrogens is 250 g/mol. The molecule has 4 nitrogen and oxygen atoms in total. The molecule has 20 heavy (non-hydrogen) atoms. The molecule has 3 aliphatic rings. The van der Waals surface area contributed by atoms with Crippen molar-refractivity contribution < 1.29 is 4.79 Å². The van der Waals surface area contributed by atoms with Crippen LogP contribution in [0, 0.1) is 0 Å². The molecule has 0 aromatic carbocycles. The van der Waals surface area contributed by atoms with E-state index >= 15 is 0 Å². The van der Waals surface area contributed by atoms with Crippen LogP contribution in [0.15, 0.2) is 6.07 Å². The molecule has 3 heterocycles. The third-order valence-electron chi connectivity index (χ3n) is 4.73. The average molecular weight is 271 g/mol. The van der Waals surface area contributed by atoms with Gasteiger partial charge in [0.25, 0.3) is 5.91 Å². The van der Waals surface area contributed by atoms with Gasteiger partial charge in [0.1, 0.15) is 0 Å². The Labute approximate surface area is 119 Å². The van der Waals surface area contributed by atoms with Gasteiger partial charge in [-0.15, -0.1) is 0 Å². The number of hydrogen-bond acceptors (Lipinski definition) is 3. The second-order valence-corrected chi connectivity index (χ2v) is 6.44. The fourth-order valence-corrected chi connectivity index (χ4v) is 3.46. The van der Waals surface area contributed by atoms with Gasteiger partial charge in [0, 0.05) is 42.9 Å². The fourth-order valence-electron chi connectivity index (χ4n) is 3.46. The topological polar surface area (TPSA) is 36.4 Å². The maximum absolute atomic E-state index is 12.3. The molecule has 106 valence electrons. The van der Waals surface area contributed by atoms with Crippen LogP contribution in [0.2, 0.25) is 0 Å². The van der Waals surface area contributed by atoms with E-state index in [2.05, 4.69) is 4.90 Å². The summed E-state index contributed by atoms with van der Waals surface area (Å²) in [5, 5.41) is 0. The fraction of sp³-hybridized carbons (Fsp3) is 0.625. The zero-order chi connectivity index (χ0) is 13.7. The molecule has 1 aromatic heterocycles. The molecule has 1 saturated heterocycles. The minimum atomic E-state index is 0.173. The normalized spacial score (nSPS) is 22.6. The zero-order valence-electron chi connectivity index (χ0n) is 12.1. The lowest BCUT2D eigenvalue weighted by atomic mass is 10.0. The van der Waals surface area contributed by atoms with Crippen molar-refractivity contribution in [2.24, 2.45) is 0 Å². The maximum Gasteiger partial charge on any atom is 0.254 e. The summed E-state index contributed by atoms with van der Waals surface area (Å²) >= 11 is 0. The standard InChI is InChI=1S/C16H21N3O/c1-18-10-14-13(16(18)20)8-12(9-19-6-2-3-7-19)17-15(14)11-4-5-11/h8,11H,2-7,9-10H2,1H3. The molecular formula is C16H21N3O. The third kappa shape index (κ3) is 2.03. The number of carbonyl (C=O) groups is 1. The first-order valence-corrected chi connectivity index (χ1v) is 7.73. The number of rotatable bonds is 3. The molecule has 0 atom stereocenters. The highest BCUT2D eigenvalue weighted by molar-refractivity contribution is 5.98. The van der Waals surface area contributed by atoms with Gasteiger partial charge in [-0.3, -0.25) is 14.7 Å². The maximum atomic E-state index is 12.3. The lowest BCUT2D eigenvalue weighted by Gasteiger charge is -2.15. The van der Waals surface area contributed by atoms with Crippen molar-refractivity contribution in [3.63, 3.8) is 0 Å². The van der Waals surface area contributed by atoms with E-state index in [1.165, 1.54) is 50.0 Å². The van der Waals surface area contributed by atoms with Crippen molar-refractivity contribution in [1.82, 2.24) is 14.8 Å². The molecule has 0 unspecified atom stereocenters. The van der Waals surface area contributed by atoms with Gasteiger partial charge in [-0.05, 0) is 44.8 Å². The molecule has 0 bridgehead atoms. The molecule has 1 amide bonds. The number of fused-ring (bicyclic) bond motifs is 1. The Hall–Kier alpha value is -1.42. The van der Waals surface area contributed by atoms with E-state index in [1.807, 2.05) is 18.0 Å². The van der Waals surface area contributed by atoms with Crippen LogP contribution in [-0.2, 0) is 13.1 Å². The first-order chi connectivity index (χ1) is 9.72. The quantitative estimate of drug-likeness (QED) is 0.845. The molecule has 1 aromatic rings. The van der Waals surface area contributed by atoms with E-state index in [0.717, 1.165) is 24.3 Å². The smallest absolute Gasteiger partial charge is 0.254 e. The summed E-state index contributed by atoms with van der Waals surface area (Å²) in [4.78, 5) is 21.5. The minimum absolute atomic E-state index is 0.173. The number of likely N-dealkylation sites (tertiary alicyclic amines) is 1. The van der Waals surface area contributed by atoms with Gasteiger partial charge in [0.15, 0.2) is 0 Å². The molecule has 1 saturated carbocycles. The Kier molecular flexibility index (Phi) is 2.81. The summed E-state index contributed by atoms with van der Waals surface area (Å²) in [7, 11) is 1.89. The third-order valence-corrected chi connectivity index (χ3v) is 4.73. The lowest BCUT2D eigenvalue weighted by molar-refractivity contribution is 0.0816. The monoisotopic (exact) mass is 271 g/mol. The Morgan fingerprint density at radius 3 is 2.75 bits per heavy atom. The molecule has 1 aliphatic carbocycles. The van der Waals surface area contributed by atoms with Crippen LogP contribution < -0.4 is 0 Å². The van der Waals surface area contributed by atoms with Crippen molar-refractivity contribution in [3.8, 4) is 0 Å². The Morgan fingerprint density at radius 2 is 2.05 bits per heavy atom. The van der Waals surface area contributed by atoms with Gasteiger partial charge < -0.3 is 4.90 Å². The van der Waals surface area contributed by atoms with Crippen LogP contribution in [0.5, 0.6) is 0 Å². The van der Waals surface area contributed by atoms with Crippen molar-refractivity contribution >= 4 is 5.91 Å². The van der Waals surface area contributed by atoms with Gasteiger partial charge in [0.2, 0.25) is 0 Å². The van der Waals surface area contributed by atoms with Crippen molar-refractivity contribution in [3.05, 3.63) is 28.6 Å². The predicted octanol–water partition coefficient (Wildman–Crippen LogP) is 2.14. The van der Waals surface area contributed by atoms with Crippen molar-refractivity contribution in [2.75, 3.05) is 20.1 Å². The number of amides is 1. The largest absolute Gasteiger partial charge is 0.337 e. The van der Waals surface area contributed by atoms with Gasteiger partial charge in [-0.2, -0.15) is 0 Å². The summed E-state index contributed by atoms with van der Waals surface area (Å²) in [6.45, 7) is 4.00. The lowest BCUT2D eigenvalue weighted by Crippen LogP contribution is -2.20. The Balaban J connectivity index is 1.70. The van der Waals surface area contributed by atoms with Gasteiger partial charge in [0.05, 0.1) is 5.69 Å². The van der Waals surface area contributed by atoms with Crippen LogP contribution in [0.3, 0.4) is 0 Å². The highest BCUT2D eigenvalue weighted by atomic mass is 16.2. The SMILES string of the molecule is CN1Cc2c(cc(CN3CCCC3)nc2C2CC2)C1=O. The molecule has 4 rings (SSSR count). The first kappa shape index (κ1) is 12.3. The zero-order valence-corrected chi connectivity index (χ0v) is 12.1. The second kappa shape index (κ2) is 4.55. The van der Waals surface area contributed by atoms with Gasteiger partial charge in [-0.1, -0.05) is 0 Å². The average Bonchev–Trinajstić information content (AvgIpc) is 3.09. The predicted molar refractivity (Wildman–Crippen MR) is 76.5 cm³/mol. The van der Waals surface area contributed by atoms with E-state index < -0.39 is 0 Å². The number of aromatic nitrogens is 1. The van der Waals surface area contributed by atoms with Crippen LogP contribution in [0.25, 0.3) is 0 Å². The number of hydrogen-bond donors (Lipinski definition) is 0. The van der Waals surface area contributed by atoms with Gasteiger partial charge >= 0.3 is 0 Å². The van der Waals surface area contributed by atoms with Gasteiger partial charge in [-0.25, -0.2) is 0 Å². The molecule has 0 radical (unpaired) electrons. The summed E-state index contributed by atoms with van der Waals surface area (Å²) in [6.07, 6.45) is 5.07. The summed E-state index contributed by atoms with van der Waals surface area (Å²) < 4.78 is 0. The number of nitrogens with zero attached hydrogens (tertiary/aromatic N) is 3. The Bertz CT molecular complexity index is 559. The summed E-state index contributed by atoms with van der Waals surface area (Å²) in [6, 6.07) is 2.05. The second-order valence-electron chi connectivity index (χ2n) is 6.44.